The number of piperidine rings is 1. The summed E-state index contributed by atoms with van der Waals surface area (Å²) in [6.45, 7) is 1.39. The number of rotatable bonds is 4. The molecule has 0 atom stereocenters. The molecule has 1 fully saturated rings. The Morgan fingerprint density at radius 1 is 1.29 bits per heavy atom. The monoisotopic (exact) mass is 330 g/mol. The summed E-state index contributed by atoms with van der Waals surface area (Å²) in [6.07, 6.45) is 2.02. The Morgan fingerprint density at radius 3 is 2.54 bits per heavy atom. The van der Waals surface area contributed by atoms with E-state index in [2.05, 4.69) is 10.1 Å². The molecule has 0 saturated carbocycles. The lowest BCUT2D eigenvalue weighted by Crippen LogP contribution is -2.38. The number of phenols is 1. The van der Waals surface area contributed by atoms with E-state index in [1.165, 1.54) is 0 Å². The second-order valence-corrected chi connectivity index (χ2v) is 6.33. The number of nitrogens with zero attached hydrogens (tertiary/aromatic N) is 4. The molecular formula is C17H22N4O3. The Labute approximate surface area is 140 Å². The molecule has 1 aliphatic heterocycles. The van der Waals surface area contributed by atoms with Gasteiger partial charge in [-0.3, -0.25) is 4.79 Å². The highest BCUT2D eigenvalue weighted by Gasteiger charge is 2.27. The summed E-state index contributed by atoms with van der Waals surface area (Å²) in [4.78, 5) is 20.5. The predicted octanol–water partition coefficient (Wildman–Crippen LogP) is 1.79. The van der Waals surface area contributed by atoms with Gasteiger partial charge in [0.25, 0.3) is 5.95 Å². The zero-order chi connectivity index (χ0) is 17.1. The van der Waals surface area contributed by atoms with Crippen molar-refractivity contribution < 1.29 is 14.4 Å². The zero-order valence-electron chi connectivity index (χ0n) is 14.0. The third kappa shape index (κ3) is 3.67. The van der Waals surface area contributed by atoms with Crippen LogP contribution >= 0.6 is 0 Å². The van der Waals surface area contributed by atoms with E-state index in [9.17, 15) is 9.90 Å². The quantitative estimate of drug-likeness (QED) is 0.920. The highest BCUT2D eigenvalue weighted by Crippen LogP contribution is 2.28. The Kier molecular flexibility index (Phi) is 4.69. The maximum absolute atomic E-state index is 12.4. The minimum atomic E-state index is 0.110. The highest BCUT2D eigenvalue weighted by atomic mass is 16.5. The smallest absolute Gasteiger partial charge is 0.265 e. The lowest BCUT2D eigenvalue weighted by Gasteiger charge is -2.30. The molecule has 1 aromatic carbocycles. The molecule has 24 heavy (non-hydrogen) atoms. The van der Waals surface area contributed by atoms with E-state index < -0.39 is 0 Å². The van der Waals surface area contributed by atoms with E-state index >= 15 is 0 Å². The fraction of sp³-hybridized carbons (Fsp3) is 0.471. The summed E-state index contributed by atoms with van der Waals surface area (Å²) in [5, 5.41) is 13.2. The van der Waals surface area contributed by atoms with Gasteiger partial charge in [-0.15, -0.1) is 0 Å². The third-order valence-corrected chi connectivity index (χ3v) is 4.32. The van der Waals surface area contributed by atoms with E-state index in [-0.39, 0.29) is 17.6 Å². The normalized spacial score (nSPS) is 15.5. The molecule has 2 heterocycles. The van der Waals surface area contributed by atoms with Crippen molar-refractivity contribution in [3.05, 3.63) is 35.7 Å². The molecule has 7 nitrogen and oxygen atoms in total. The third-order valence-electron chi connectivity index (χ3n) is 4.32. The number of aromatic nitrogens is 2. The number of anilines is 1. The molecule has 0 spiro atoms. The van der Waals surface area contributed by atoms with Crippen molar-refractivity contribution >= 4 is 11.9 Å². The number of phenolic OH excluding ortho intramolecular Hbond substituents is 1. The molecule has 1 saturated heterocycles. The van der Waals surface area contributed by atoms with Crippen LogP contribution in [-0.2, 0) is 11.2 Å². The molecule has 7 heteroatoms. The van der Waals surface area contributed by atoms with Gasteiger partial charge in [0, 0.05) is 33.1 Å². The highest BCUT2D eigenvalue weighted by molar-refractivity contribution is 5.78. The first-order valence-electron chi connectivity index (χ1n) is 8.09. The molecule has 0 radical (unpaired) electrons. The molecule has 128 valence electrons. The van der Waals surface area contributed by atoms with Crippen molar-refractivity contribution in [2.75, 3.05) is 32.1 Å². The summed E-state index contributed by atoms with van der Waals surface area (Å²) >= 11 is 0. The topological polar surface area (TPSA) is 82.7 Å². The Balaban J connectivity index is 1.54. The van der Waals surface area contributed by atoms with Gasteiger partial charge in [-0.05, 0) is 35.7 Å². The average molecular weight is 330 g/mol. The van der Waals surface area contributed by atoms with Crippen LogP contribution < -0.4 is 4.90 Å². The number of hydrogen-bond donors (Lipinski definition) is 1. The Hall–Kier alpha value is -2.57. The first kappa shape index (κ1) is 16.3. The molecule has 0 bridgehead atoms. The van der Waals surface area contributed by atoms with Crippen LogP contribution in [0, 0.1) is 0 Å². The fourth-order valence-electron chi connectivity index (χ4n) is 2.85. The van der Waals surface area contributed by atoms with Crippen LogP contribution in [0.1, 0.15) is 30.2 Å². The number of aromatic hydroxyl groups is 1. The van der Waals surface area contributed by atoms with Crippen molar-refractivity contribution in [2.45, 2.75) is 25.2 Å². The largest absolute Gasteiger partial charge is 0.508 e. The molecule has 1 N–H and O–H groups in total. The van der Waals surface area contributed by atoms with Gasteiger partial charge in [-0.25, -0.2) is 0 Å². The van der Waals surface area contributed by atoms with Crippen molar-refractivity contribution in [2.24, 2.45) is 0 Å². The number of carbonyl (C=O) groups is 1. The minimum absolute atomic E-state index is 0.110. The Morgan fingerprint density at radius 2 is 1.96 bits per heavy atom. The van der Waals surface area contributed by atoms with Gasteiger partial charge >= 0.3 is 0 Å². The zero-order valence-corrected chi connectivity index (χ0v) is 14.0. The number of amides is 1. The van der Waals surface area contributed by atoms with Crippen LogP contribution in [0.15, 0.2) is 28.8 Å². The standard InChI is InChI=1S/C17H22N4O3/c1-20(2)17-18-16(24-19-17)13-7-9-21(10-8-13)15(23)11-12-3-5-14(22)6-4-12/h3-6,13,22H,7-11H2,1-2H3. The minimum Gasteiger partial charge on any atom is -0.508 e. The lowest BCUT2D eigenvalue weighted by molar-refractivity contribution is -0.131. The van der Waals surface area contributed by atoms with Crippen LogP contribution in [0.3, 0.4) is 0 Å². The fourth-order valence-corrected chi connectivity index (χ4v) is 2.85. The second kappa shape index (κ2) is 6.90. The maximum atomic E-state index is 12.4. The predicted molar refractivity (Wildman–Crippen MR) is 89.0 cm³/mol. The summed E-state index contributed by atoms with van der Waals surface area (Å²) in [7, 11) is 3.75. The summed E-state index contributed by atoms with van der Waals surface area (Å²) in [5.74, 6) is 1.77. The first-order chi connectivity index (χ1) is 11.5. The van der Waals surface area contributed by atoms with Crippen LogP contribution in [0.5, 0.6) is 5.75 Å². The Bertz CT molecular complexity index is 688. The van der Waals surface area contributed by atoms with Crippen LogP contribution in [-0.4, -0.2) is 53.2 Å². The maximum Gasteiger partial charge on any atom is 0.265 e. The van der Waals surface area contributed by atoms with E-state index in [1.807, 2.05) is 23.9 Å². The van der Waals surface area contributed by atoms with E-state index in [0.717, 1.165) is 18.4 Å². The summed E-state index contributed by atoms with van der Waals surface area (Å²) in [5.41, 5.74) is 0.910. The number of likely N-dealkylation sites (tertiary alicyclic amines) is 1. The van der Waals surface area contributed by atoms with Crippen LogP contribution in [0.4, 0.5) is 5.95 Å². The molecule has 0 aliphatic carbocycles. The lowest BCUT2D eigenvalue weighted by atomic mass is 9.96. The molecular weight excluding hydrogens is 308 g/mol. The number of benzene rings is 1. The molecule has 1 amide bonds. The SMILES string of the molecule is CN(C)c1noc(C2CCN(C(=O)Cc3ccc(O)cc3)CC2)n1. The summed E-state index contributed by atoms with van der Waals surface area (Å²) < 4.78 is 5.34. The van der Waals surface area contributed by atoms with E-state index in [1.54, 1.807) is 24.3 Å². The van der Waals surface area contributed by atoms with Crippen LogP contribution in [0.25, 0.3) is 0 Å². The van der Waals surface area contributed by atoms with E-state index in [4.69, 9.17) is 4.52 Å². The van der Waals surface area contributed by atoms with E-state index in [0.29, 0.717) is 31.3 Å². The number of carbonyl (C=O) groups excluding carboxylic acids is 1. The van der Waals surface area contributed by atoms with Crippen molar-refractivity contribution in [3.8, 4) is 5.75 Å². The van der Waals surface area contributed by atoms with Crippen LogP contribution in [0.2, 0.25) is 0 Å². The van der Waals surface area contributed by atoms with Crippen molar-refractivity contribution in [1.82, 2.24) is 15.0 Å². The molecule has 2 aromatic rings. The number of hydrogen-bond acceptors (Lipinski definition) is 6. The van der Waals surface area contributed by atoms with Crippen molar-refractivity contribution in [1.29, 1.82) is 0 Å². The van der Waals surface area contributed by atoms with Gasteiger partial charge in [0.15, 0.2) is 0 Å². The van der Waals surface area contributed by atoms with Gasteiger partial charge in [-0.1, -0.05) is 12.1 Å². The second-order valence-electron chi connectivity index (χ2n) is 6.33. The van der Waals surface area contributed by atoms with Gasteiger partial charge in [0.2, 0.25) is 11.8 Å². The molecule has 1 aromatic heterocycles. The molecule has 1 aliphatic rings. The first-order valence-corrected chi connectivity index (χ1v) is 8.09. The molecule has 3 rings (SSSR count). The van der Waals surface area contributed by atoms with Gasteiger partial charge in [0.1, 0.15) is 5.75 Å². The van der Waals surface area contributed by atoms with Gasteiger partial charge in [-0.2, -0.15) is 4.98 Å². The van der Waals surface area contributed by atoms with Crippen molar-refractivity contribution in [3.63, 3.8) is 0 Å². The van der Waals surface area contributed by atoms with Gasteiger partial charge < -0.3 is 19.4 Å². The average Bonchev–Trinajstić information content (AvgIpc) is 3.07. The molecule has 0 unspecified atom stereocenters. The van der Waals surface area contributed by atoms with Gasteiger partial charge in [0.05, 0.1) is 6.42 Å². The summed E-state index contributed by atoms with van der Waals surface area (Å²) in [6, 6.07) is 6.77.